The highest BCUT2D eigenvalue weighted by Gasteiger charge is 2.12. The number of benzene rings is 1. The van der Waals surface area contributed by atoms with E-state index in [1.807, 2.05) is 7.05 Å². The fourth-order valence-corrected chi connectivity index (χ4v) is 1.98. The summed E-state index contributed by atoms with van der Waals surface area (Å²) in [4.78, 5) is 4.50. The first-order chi connectivity index (χ1) is 7.63. The molecule has 16 heavy (non-hydrogen) atoms. The Kier molecular flexibility index (Phi) is 2.92. The van der Waals surface area contributed by atoms with Crippen molar-refractivity contribution in [1.29, 1.82) is 0 Å². The predicted octanol–water partition coefficient (Wildman–Crippen LogP) is 2.48. The van der Waals surface area contributed by atoms with Crippen LogP contribution in [0.25, 0.3) is 11.0 Å². The van der Waals surface area contributed by atoms with Crippen LogP contribution in [0.2, 0.25) is 0 Å². The molecule has 1 heterocycles. The van der Waals surface area contributed by atoms with Gasteiger partial charge in [-0.2, -0.15) is 0 Å². The summed E-state index contributed by atoms with van der Waals surface area (Å²) >= 11 is 0. The summed E-state index contributed by atoms with van der Waals surface area (Å²) in [5, 5.41) is 3.08. The zero-order chi connectivity index (χ0) is 11.7. The Morgan fingerprint density at radius 3 is 2.81 bits per heavy atom. The van der Waals surface area contributed by atoms with Gasteiger partial charge in [-0.15, -0.1) is 0 Å². The first kappa shape index (κ1) is 11.1. The largest absolute Gasteiger partial charge is 0.324 e. The van der Waals surface area contributed by atoms with Crippen LogP contribution < -0.4 is 5.32 Å². The fourth-order valence-electron chi connectivity index (χ4n) is 1.98. The Morgan fingerprint density at radius 2 is 2.19 bits per heavy atom. The number of fused-ring (bicyclic) bond motifs is 1. The minimum Gasteiger partial charge on any atom is -0.324 e. The number of hydrogen-bond acceptors (Lipinski definition) is 2. The monoisotopic (exact) mass is 221 g/mol. The van der Waals surface area contributed by atoms with Crippen LogP contribution in [0.3, 0.4) is 0 Å². The SMILES string of the molecule is CNCc1nc2ccc(F)cc2n1C(C)C. The van der Waals surface area contributed by atoms with Gasteiger partial charge in [0, 0.05) is 6.04 Å². The molecule has 0 atom stereocenters. The molecule has 0 aliphatic heterocycles. The molecule has 1 N–H and O–H groups in total. The van der Waals surface area contributed by atoms with Gasteiger partial charge >= 0.3 is 0 Å². The molecule has 0 saturated carbocycles. The van der Waals surface area contributed by atoms with Crippen LogP contribution in [0.15, 0.2) is 18.2 Å². The molecule has 1 aromatic heterocycles. The standard InChI is InChI=1S/C12H16FN3/c1-8(2)16-11-6-9(13)4-5-10(11)15-12(16)7-14-3/h4-6,8,14H,7H2,1-3H3. The van der Waals surface area contributed by atoms with Crippen LogP contribution in [0.5, 0.6) is 0 Å². The van der Waals surface area contributed by atoms with Gasteiger partial charge in [0.15, 0.2) is 0 Å². The number of rotatable bonds is 3. The average molecular weight is 221 g/mol. The lowest BCUT2D eigenvalue weighted by molar-refractivity contribution is 0.568. The van der Waals surface area contributed by atoms with E-state index in [1.54, 1.807) is 12.1 Å². The van der Waals surface area contributed by atoms with Gasteiger partial charge in [-0.1, -0.05) is 0 Å². The van der Waals surface area contributed by atoms with Gasteiger partial charge in [0.05, 0.1) is 17.6 Å². The van der Waals surface area contributed by atoms with Crippen molar-refractivity contribution in [2.45, 2.75) is 26.4 Å². The lowest BCUT2D eigenvalue weighted by Crippen LogP contribution is -2.13. The summed E-state index contributed by atoms with van der Waals surface area (Å²) in [5.41, 5.74) is 1.71. The minimum atomic E-state index is -0.217. The number of halogens is 1. The molecule has 2 aromatic rings. The molecule has 0 radical (unpaired) electrons. The topological polar surface area (TPSA) is 29.9 Å². The van der Waals surface area contributed by atoms with E-state index in [4.69, 9.17) is 0 Å². The first-order valence-corrected chi connectivity index (χ1v) is 5.44. The molecule has 0 spiro atoms. The summed E-state index contributed by atoms with van der Waals surface area (Å²) in [5.74, 6) is 0.725. The molecule has 4 heteroatoms. The van der Waals surface area contributed by atoms with Crippen molar-refractivity contribution in [3.05, 3.63) is 29.8 Å². The second-order valence-electron chi connectivity index (χ2n) is 4.16. The fraction of sp³-hybridized carbons (Fsp3) is 0.417. The Hall–Kier alpha value is -1.42. The van der Waals surface area contributed by atoms with Crippen molar-refractivity contribution in [3.63, 3.8) is 0 Å². The van der Waals surface area contributed by atoms with E-state index in [0.717, 1.165) is 16.9 Å². The van der Waals surface area contributed by atoms with E-state index in [1.165, 1.54) is 6.07 Å². The van der Waals surface area contributed by atoms with Crippen LogP contribution in [0.4, 0.5) is 4.39 Å². The second kappa shape index (κ2) is 4.22. The van der Waals surface area contributed by atoms with Crippen LogP contribution in [0, 0.1) is 5.82 Å². The van der Waals surface area contributed by atoms with Crippen molar-refractivity contribution in [1.82, 2.24) is 14.9 Å². The summed E-state index contributed by atoms with van der Waals surface area (Å²) < 4.78 is 15.3. The quantitative estimate of drug-likeness (QED) is 0.863. The Morgan fingerprint density at radius 1 is 1.44 bits per heavy atom. The average Bonchev–Trinajstić information content (AvgIpc) is 2.55. The third-order valence-corrected chi connectivity index (χ3v) is 2.58. The van der Waals surface area contributed by atoms with Gasteiger partial charge in [-0.25, -0.2) is 9.37 Å². The van der Waals surface area contributed by atoms with E-state index < -0.39 is 0 Å². The summed E-state index contributed by atoms with van der Waals surface area (Å²) in [6, 6.07) is 4.99. The van der Waals surface area contributed by atoms with Crippen LogP contribution in [0.1, 0.15) is 25.7 Å². The zero-order valence-corrected chi connectivity index (χ0v) is 9.79. The zero-order valence-electron chi connectivity index (χ0n) is 9.79. The van der Waals surface area contributed by atoms with Gasteiger partial charge in [-0.05, 0) is 39.1 Å². The number of aromatic nitrogens is 2. The highest BCUT2D eigenvalue weighted by Crippen LogP contribution is 2.21. The number of hydrogen-bond donors (Lipinski definition) is 1. The minimum absolute atomic E-state index is 0.217. The molecule has 0 unspecified atom stereocenters. The summed E-state index contributed by atoms with van der Waals surface area (Å²) in [6.07, 6.45) is 0. The van der Waals surface area contributed by atoms with Gasteiger partial charge in [-0.3, -0.25) is 0 Å². The molecule has 0 saturated heterocycles. The lowest BCUT2D eigenvalue weighted by atomic mass is 10.3. The Bertz CT molecular complexity index is 502. The van der Waals surface area contributed by atoms with Crippen molar-refractivity contribution < 1.29 is 4.39 Å². The van der Waals surface area contributed by atoms with Gasteiger partial charge in [0.2, 0.25) is 0 Å². The predicted molar refractivity (Wildman–Crippen MR) is 62.8 cm³/mol. The maximum absolute atomic E-state index is 13.2. The molecule has 0 fully saturated rings. The molecule has 2 rings (SSSR count). The van der Waals surface area contributed by atoms with Gasteiger partial charge < -0.3 is 9.88 Å². The summed E-state index contributed by atoms with van der Waals surface area (Å²) in [6.45, 7) is 4.84. The molecule has 3 nitrogen and oxygen atoms in total. The second-order valence-corrected chi connectivity index (χ2v) is 4.16. The number of nitrogens with zero attached hydrogens (tertiary/aromatic N) is 2. The van der Waals surface area contributed by atoms with E-state index >= 15 is 0 Å². The third kappa shape index (κ3) is 1.80. The Balaban J connectivity index is 2.67. The molecule has 1 aromatic carbocycles. The van der Waals surface area contributed by atoms with Crippen molar-refractivity contribution in [2.24, 2.45) is 0 Å². The molecule has 0 bridgehead atoms. The number of nitrogens with one attached hydrogen (secondary N) is 1. The van der Waals surface area contributed by atoms with Crippen LogP contribution >= 0.6 is 0 Å². The van der Waals surface area contributed by atoms with Gasteiger partial charge in [0.25, 0.3) is 0 Å². The molecule has 86 valence electrons. The normalized spacial score (nSPS) is 11.6. The third-order valence-electron chi connectivity index (χ3n) is 2.58. The number of imidazole rings is 1. The van der Waals surface area contributed by atoms with E-state index in [9.17, 15) is 4.39 Å². The maximum Gasteiger partial charge on any atom is 0.125 e. The molecular formula is C12H16FN3. The molecule has 0 aliphatic rings. The van der Waals surface area contributed by atoms with Gasteiger partial charge in [0.1, 0.15) is 11.6 Å². The van der Waals surface area contributed by atoms with Crippen LogP contribution in [-0.2, 0) is 6.54 Å². The Labute approximate surface area is 94.3 Å². The van der Waals surface area contributed by atoms with Crippen LogP contribution in [-0.4, -0.2) is 16.6 Å². The molecule has 0 aliphatic carbocycles. The highest BCUT2D eigenvalue weighted by atomic mass is 19.1. The first-order valence-electron chi connectivity index (χ1n) is 5.44. The van der Waals surface area contributed by atoms with Crippen molar-refractivity contribution >= 4 is 11.0 Å². The van der Waals surface area contributed by atoms with E-state index in [0.29, 0.717) is 6.54 Å². The van der Waals surface area contributed by atoms with Crippen molar-refractivity contribution in [2.75, 3.05) is 7.05 Å². The lowest BCUT2D eigenvalue weighted by Gasteiger charge is -2.12. The smallest absolute Gasteiger partial charge is 0.125 e. The summed E-state index contributed by atoms with van der Waals surface area (Å²) in [7, 11) is 1.88. The van der Waals surface area contributed by atoms with E-state index in [-0.39, 0.29) is 11.9 Å². The highest BCUT2D eigenvalue weighted by molar-refractivity contribution is 5.76. The molecule has 0 amide bonds. The van der Waals surface area contributed by atoms with E-state index in [2.05, 4.69) is 28.7 Å². The maximum atomic E-state index is 13.2. The molecular weight excluding hydrogens is 205 g/mol. The van der Waals surface area contributed by atoms with Crippen molar-refractivity contribution in [3.8, 4) is 0 Å².